The number of benzene rings is 1. The average Bonchev–Trinajstić information content (AvgIpc) is 2.67. The number of methoxy groups -OCH3 is 1. The second-order valence-electron chi connectivity index (χ2n) is 3.65. The minimum Gasteiger partial charge on any atom is -0.496 e. The Morgan fingerprint density at radius 3 is 2.94 bits per heavy atom. The fraction of sp³-hybridized carbons (Fsp3) is 0.273. The molecule has 0 amide bonds. The topological polar surface area (TPSA) is 68.2 Å². The largest absolute Gasteiger partial charge is 0.496 e. The number of hydrogen-bond acceptors (Lipinski definition) is 3. The van der Waals surface area contributed by atoms with Crippen LogP contribution in [0.25, 0.3) is 10.9 Å². The Hall–Kier alpha value is -1.56. The van der Waals surface area contributed by atoms with Gasteiger partial charge in [0.15, 0.2) is 0 Å². The quantitative estimate of drug-likeness (QED) is 0.697. The molecule has 2 rings (SSSR count). The normalized spacial score (nSPS) is 10.7. The van der Waals surface area contributed by atoms with E-state index in [1.807, 2.05) is 12.1 Å². The molecule has 1 N–H and O–H groups in total. The van der Waals surface area contributed by atoms with E-state index < -0.39 is 0 Å². The van der Waals surface area contributed by atoms with Gasteiger partial charge in [0.25, 0.3) is 0 Å². The lowest BCUT2D eigenvalue weighted by atomic mass is 10.1. The maximum Gasteiger partial charge on any atom is 0.207 e. The molecular weight excluding hydrogens is 288 g/mol. The van der Waals surface area contributed by atoms with Crippen molar-refractivity contribution in [3.05, 3.63) is 38.5 Å². The van der Waals surface area contributed by atoms with Crippen LogP contribution in [0.4, 0.5) is 0 Å². The summed E-state index contributed by atoms with van der Waals surface area (Å²) in [7, 11) is 1.59. The van der Waals surface area contributed by atoms with Gasteiger partial charge in [-0.25, -0.2) is 0 Å². The predicted octanol–water partition coefficient (Wildman–Crippen LogP) is 2.76. The van der Waals surface area contributed by atoms with E-state index in [1.54, 1.807) is 13.3 Å². The number of hydrogen-bond donors (Lipinski definition) is 1. The van der Waals surface area contributed by atoms with Crippen molar-refractivity contribution in [2.75, 3.05) is 13.7 Å². The first-order valence-corrected chi connectivity index (χ1v) is 5.86. The fourth-order valence-corrected chi connectivity index (χ4v) is 2.26. The molecule has 0 aliphatic rings. The summed E-state index contributed by atoms with van der Waals surface area (Å²) in [4.78, 5) is 13.2. The number of fused-ring (bicyclic) bond motifs is 1. The van der Waals surface area contributed by atoms with Crippen LogP contribution < -0.4 is 4.74 Å². The van der Waals surface area contributed by atoms with Gasteiger partial charge in [0.05, 0.1) is 11.6 Å². The van der Waals surface area contributed by atoms with Gasteiger partial charge in [-0.05, 0) is 33.6 Å². The lowest BCUT2D eigenvalue weighted by Gasteiger charge is -2.03. The van der Waals surface area contributed by atoms with E-state index in [4.69, 9.17) is 4.74 Å². The third-order valence-electron chi connectivity index (χ3n) is 2.60. The van der Waals surface area contributed by atoms with Gasteiger partial charge >= 0.3 is 0 Å². The first-order chi connectivity index (χ1) is 8.11. The van der Waals surface area contributed by atoms with Crippen LogP contribution in [-0.2, 0) is 6.42 Å². The molecule has 1 aromatic heterocycles. The minimum atomic E-state index is -0.311. The zero-order valence-corrected chi connectivity index (χ0v) is 10.8. The molecule has 0 spiro atoms. The maximum atomic E-state index is 10.4. The van der Waals surface area contributed by atoms with Gasteiger partial charge in [-0.15, -0.1) is 0 Å². The number of ether oxygens (including phenoxy) is 1. The zero-order chi connectivity index (χ0) is 12.4. The molecule has 17 heavy (non-hydrogen) atoms. The average molecular weight is 299 g/mol. The number of nitrogens with one attached hydrogen (secondary N) is 1. The van der Waals surface area contributed by atoms with E-state index in [9.17, 15) is 10.1 Å². The van der Waals surface area contributed by atoms with Crippen LogP contribution in [0.2, 0.25) is 0 Å². The summed E-state index contributed by atoms with van der Waals surface area (Å²) in [6.07, 6.45) is 2.22. The third kappa shape index (κ3) is 2.41. The number of halogens is 1. The highest BCUT2D eigenvalue weighted by molar-refractivity contribution is 9.10. The molecule has 6 heteroatoms. The summed E-state index contributed by atoms with van der Waals surface area (Å²) in [6, 6.07) is 3.79. The summed E-state index contributed by atoms with van der Waals surface area (Å²) in [5, 5.41) is 11.3. The van der Waals surface area contributed by atoms with Crippen molar-refractivity contribution >= 4 is 26.8 Å². The summed E-state index contributed by atoms with van der Waals surface area (Å²) >= 11 is 3.40. The first-order valence-electron chi connectivity index (χ1n) is 5.07. The second kappa shape index (κ2) is 4.75. The van der Waals surface area contributed by atoms with Crippen LogP contribution in [0.5, 0.6) is 5.75 Å². The van der Waals surface area contributed by atoms with E-state index in [1.165, 1.54) is 0 Å². The van der Waals surface area contributed by atoms with Gasteiger partial charge < -0.3 is 9.72 Å². The van der Waals surface area contributed by atoms with Crippen molar-refractivity contribution in [2.24, 2.45) is 0 Å². The molecule has 0 saturated heterocycles. The smallest absolute Gasteiger partial charge is 0.207 e. The molecule has 1 heterocycles. The summed E-state index contributed by atoms with van der Waals surface area (Å²) in [5.41, 5.74) is 1.87. The SMILES string of the molecule is COc1cc2c(CC[N+](=O)[O-])c[nH]c2cc1Br. The van der Waals surface area contributed by atoms with Gasteiger partial charge in [-0.1, -0.05) is 0 Å². The van der Waals surface area contributed by atoms with Crippen LogP contribution in [0.15, 0.2) is 22.8 Å². The number of H-pyrrole nitrogens is 1. The molecule has 0 aliphatic heterocycles. The van der Waals surface area contributed by atoms with Crippen LogP contribution in [0, 0.1) is 10.1 Å². The standard InChI is InChI=1S/C11H11BrN2O3/c1-17-11-4-8-7(2-3-14(15)16)6-13-10(8)5-9(11)12/h4-6,13H,2-3H2,1H3. The number of aromatic amines is 1. The van der Waals surface area contributed by atoms with E-state index in [0.717, 1.165) is 26.7 Å². The first kappa shape index (κ1) is 11.9. The Morgan fingerprint density at radius 1 is 1.53 bits per heavy atom. The molecule has 0 atom stereocenters. The highest BCUT2D eigenvalue weighted by Crippen LogP contribution is 2.31. The highest BCUT2D eigenvalue weighted by Gasteiger charge is 2.10. The van der Waals surface area contributed by atoms with Crippen molar-refractivity contribution in [1.29, 1.82) is 0 Å². The minimum absolute atomic E-state index is 0.0642. The van der Waals surface area contributed by atoms with Crippen molar-refractivity contribution in [1.82, 2.24) is 4.98 Å². The number of nitro groups is 1. The van der Waals surface area contributed by atoms with E-state index >= 15 is 0 Å². The molecular formula is C11H11BrN2O3. The van der Waals surface area contributed by atoms with Crippen LogP contribution in [0.1, 0.15) is 5.56 Å². The Balaban J connectivity index is 2.41. The Kier molecular flexibility index (Phi) is 3.33. The van der Waals surface area contributed by atoms with Crippen LogP contribution >= 0.6 is 15.9 Å². The number of nitrogens with zero attached hydrogens (tertiary/aromatic N) is 1. The number of rotatable bonds is 4. The van der Waals surface area contributed by atoms with Gasteiger partial charge in [0, 0.05) is 28.4 Å². The highest BCUT2D eigenvalue weighted by atomic mass is 79.9. The molecule has 0 bridgehead atoms. The van der Waals surface area contributed by atoms with E-state index in [-0.39, 0.29) is 11.5 Å². The Bertz CT molecular complexity index is 565. The molecule has 0 fully saturated rings. The van der Waals surface area contributed by atoms with Gasteiger partial charge in [0.2, 0.25) is 6.54 Å². The summed E-state index contributed by atoms with van der Waals surface area (Å²) in [5.74, 6) is 0.722. The second-order valence-corrected chi connectivity index (χ2v) is 4.51. The number of aromatic nitrogens is 1. The van der Waals surface area contributed by atoms with Crippen molar-refractivity contribution in [2.45, 2.75) is 6.42 Å². The van der Waals surface area contributed by atoms with Crippen molar-refractivity contribution < 1.29 is 9.66 Å². The molecule has 0 aliphatic carbocycles. The predicted molar refractivity (Wildman–Crippen MR) is 68.1 cm³/mol. The fourth-order valence-electron chi connectivity index (χ4n) is 1.76. The third-order valence-corrected chi connectivity index (χ3v) is 3.22. The Labute approximate surface area is 106 Å². The Morgan fingerprint density at radius 2 is 2.29 bits per heavy atom. The molecule has 1 aromatic carbocycles. The zero-order valence-electron chi connectivity index (χ0n) is 9.20. The molecule has 0 unspecified atom stereocenters. The molecule has 0 radical (unpaired) electrons. The van der Waals surface area contributed by atoms with Gasteiger partial charge in [0.1, 0.15) is 5.75 Å². The van der Waals surface area contributed by atoms with Crippen LogP contribution in [0.3, 0.4) is 0 Å². The lowest BCUT2D eigenvalue weighted by Crippen LogP contribution is -2.03. The monoisotopic (exact) mass is 298 g/mol. The van der Waals surface area contributed by atoms with Gasteiger partial charge in [-0.3, -0.25) is 10.1 Å². The van der Waals surface area contributed by atoms with Crippen molar-refractivity contribution in [3.8, 4) is 5.75 Å². The van der Waals surface area contributed by atoms with E-state index in [2.05, 4.69) is 20.9 Å². The molecule has 0 saturated carbocycles. The van der Waals surface area contributed by atoms with E-state index in [0.29, 0.717) is 6.42 Å². The van der Waals surface area contributed by atoms with Gasteiger partial charge in [-0.2, -0.15) is 0 Å². The lowest BCUT2D eigenvalue weighted by molar-refractivity contribution is -0.479. The summed E-state index contributed by atoms with van der Waals surface area (Å²) < 4.78 is 6.07. The summed E-state index contributed by atoms with van der Waals surface area (Å²) in [6.45, 7) is -0.0642. The van der Waals surface area contributed by atoms with Crippen LogP contribution in [-0.4, -0.2) is 23.6 Å². The molecule has 5 nitrogen and oxygen atoms in total. The van der Waals surface area contributed by atoms with Crippen molar-refractivity contribution in [3.63, 3.8) is 0 Å². The molecule has 2 aromatic rings. The molecule has 90 valence electrons. The maximum absolute atomic E-state index is 10.4.